The number of ether oxygens (including phenoxy) is 6. The van der Waals surface area contributed by atoms with Crippen LogP contribution in [-0.4, -0.2) is 172 Å². The summed E-state index contributed by atoms with van der Waals surface area (Å²) in [4.78, 5) is 63.9. The number of carbonyl (C=O) groups is 4. The van der Waals surface area contributed by atoms with Gasteiger partial charge in [0, 0.05) is 54.0 Å². The number of piperidine rings is 1. The quantitative estimate of drug-likeness (QED) is 0.112. The number of hydrogen-bond donors (Lipinski definition) is 6. The molecule has 0 spiro atoms. The second-order valence-corrected chi connectivity index (χ2v) is 15.7. The number of rotatable bonds is 14. The highest BCUT2D eigenvalue weighted by Crippen LogP contribution is 2.32. The van der Waals surface area contributed by atoms with E-state index in [4.69, 9.17) is 33.7 Å². The minimum absolute atomic E-state index is 0.00394. The van der Waals surface area contributed by atoms with Gasteiger partial charge >= 0.3 is 6.09 Å². The number of nitrogens with one attached hydrogen (secondary N) is 2. The zero-order valence-corrected chi connectivity index (χ0v) is 35.5. The van der Waals surface area contributed by atoms with Gasteiger partial charge in [-0.1, -0.05) is 31.2 Å². The summed E-state index contributed by atoms with van der Waals surface area (Å²) in [7, 11) is 4.38. The number of amides is 3. The monoisotopic (exact) mass is 882 g/mol. The maximum absolute atomic E-state index is 13.5. The van der Waals surface area contributed by atoms with Crippen molar-refractivity contribution < 1.29 is 68.0 Å². The van der Waals surface area contributed by atoms with Crippen LogP contribution in [0.1, 0.15) is 37.8 Å². The van der Waals surface area contributed by atoms with E-state index in [-0.39, 0.29) is 37.4 Å². The van der Waals surface area contributed by atoms with Crippen LogP contribution in [0, 0.1) is 17.2 Å². The van der Waals surface area contributed by atoms with E-state index in [1.165, 1.54) is 32.0 Å². The number of nitriles is 1. The van der Waals surface area contributed by atoms with Gasteiger partial charge in [0.2, 0.25) is 11.8 Å². The van der Waals surface area contributed by atoms with Crippen molar-refractivity contribution >= 4 is 40.7 Å². The fraction of sp³-hybridized carbons (Fsp3) is 0.585. The lowest BCUT2D eigenvalue weighted by Crippen LogP contribution is -2.68. The van der Waals surface area contributed by atoms with Crippen LogP contribution in [0.15, 0.2) is 42.9 Å². The number of benzene rings is 1. The minimum atomic E-state index is -1.77. The van der Waals surface area contributed by atoms with Gasteiger partial charge in [-0.15, -0.1) is 0 Å². The van der Waals surface area contributed by atoms with Crippen LogP contribution in [0.2, 0.25) is 0 Å². The Bertz CT molecular complexity index is 2120. The molecular weight excluding hydrogens is 828 g/mol. The average molecular weight is 883 g/mol. The molecule has 3 aliphatic rings. The maximum Gasteiger partial charge on any atom is 0.420 e. The highest BCUT2D eigenvalue weighted by atomic mass is 16.7. The van der Waals surface area contributed by atoms with Gasteiger partial charge in [-0.2, -0.15) is 5.26 Å². The Morgan fingerprint density at radius 1 is 0.984 bits per heavy atom. The number of hydrogen-bond acceptors (Lipinski definition) is 18. The van der Waals surface area contributed by atoms with Gasteiger partial charge in [-0.25, -0.2) is 19.3 Å². The van der Waals surface area contributed by atoms with Gasteiger partial charge in [0.1, 0.15) is 67.8 Å². The largest absolute Gasteiger partial charge is 0.444 e. The van der Waals surface area contributed by atoms with Crippen molar-refractivity contribution in [2.45, 2.75) is 107 Å². The lowest BCUT2D eigenvalue weighted by atomic mass is 9.92. The summed E-state index contributed by atoms with van der Waals surface area (Å²) in [6.45, 7) is 3.59. The first-order chi connectivity index (χ1) is 30.2. The lowest BCUT2D eigenvalue weighted by molar-refractivity contribution is -0.338. The Balaban J connectivity index is 1.05. The van der Waals surface area contributed by atoms with Gasteiger partial charge in [-0.3, -0.25) is 14.4 Å². The molecule has 5 heterocycles. The number of aliphatic hydroxyl groups excluding tert-OH is 4. The van der Waals surface area contributed by atoms with Crippen LogP contribution < -0.4 is 15.5 Å². The summed E-state index contributed by atoms with van der Waals surface area (Å²) in [6, 6.07) is 9.27. The molecule has 63 heavy (non-hydrogen) atoms. The predicted molar refractivity (Wildman–Crippen MR) is 217 cm³/mol. The molecule has 3 fully saturated rings. The Kier molecular flexibility index (Phi) is 15.6. The van der Waals surface area contributed by atoms with Crippen LogP contribution in [0.3, 0.4) is 0 Å². The summed E-state index contributed by atoms with van der Waals surface area (Å²) in [5, 5.41) is 57.6. The molecule has 12 atom stereocenters. The smallest absolute Gasteiger partial charge is 0.420 e. The van der Waals surface area contributed by atoms with Crippen molar-refractivity contribution in [3.05, 3.63) is 54.0 Å². The Morgan fingerprint density at radius 2 is 1.71 bits per heavy atom. The molecule has 22 heteroatoms. The Hall–Kier alpha value is -5.35. The van der Waals surface area contributed by atoms with Crippen LogP contribution in [-0.2, 0) is 56.0 Å². The molecule has 3 saturated heterocycles. The number of aromatic nitrogens is 3. The second kappa shape index (κ2) is 20.9. The van der Waals surface area contributed by atoms with Crippen molar-refractivity contribution in [1.82, 2.24) is 30.1 Å². The van der Waals surface area contributed by atoms with Crippen molar-refractivity contribution in [3.63, 3.8) is 0 Å². The van der Waals surface area contributed by atoms with Gasteiger partial charge in [0.15, 0.2) is 24.3 Å². The third-order valence-electron chi connectivity index (χ3n) is 11.7. The highest BCUT2D eigenvalue weighted by molar-refractivity contribution is 5.93. The lowest BCUT2D eigenvalue weighted by Gasteiger charge is -2.47. The Morgan fingerprint density at radius 3 is 2.38 bits per heavy atom. The number of aliphatic hydroxyl groups is 4. The number of anilines is 1. The molecule has 22 nitrogen and oxygen atoms in total. The van der Waals surface area contributed by atoms with Crippen LogP contribution in [0.5, 0.6) is 0 Å². The zero-order valence-electron chi connectivity index (χ0n) is 35.5. The molecule has 0 bridgehead atoms. The van der Waals surface area contributed by atoms with Crippen molar-refractivity contribution in [3.8, 4) is 6.07 Å². The number of methoxy groups -OCH3 is 2. The van der Waals surface area contributed by atoms with E-state index in [9.17, 15) is 39.6 Å². The molecule has 0 saturated carbocycles. The molecule has 6 N–H and O–H groups in total. The molecule has 342 valence electrons. The minimum Gasteiger partial charge on any atom is -0.444 e. The summed E-state index contributed by atoms with van der Waals surface area (Å²) >= 11 is 0. The number of fused-ring (bicyclic) bond motifs is 1. The van der Waals surface area contributed by atoms with Crippen molar-refractivity contribution in [2.24, 2.45) is 5.92 Å². The van der Waals surface area contributed by atoms with Crippen LogP contribution >= 0.6 is 0 Å². The molecule has 3 amide bonds. The third kappa shape index (κ3) is 10.4. The normalized spacial score (nSPS) is 29.7. The van der Waals surface area contributed by atoms with Gasteiger partial charge in [-0.05, 0) is 29.5 Å². The van der Waals surface area contributed by atoms with E-state index in [0.717, 1.165) is 6.42 Å². The average Bonchev–Trinajstić information content (AvgIpc) is 3.72. The highest BCUT2D eigenvalue weighted by Gasteiger charge is 2.53. The molecule has 0 aliphatic carbocycles. The predicted octanol–water partition coefficient (Wildman–Crippen LogP) is -1.10. The Labute approximate surface area is 362 Å². The van der Waals surface area contributed by atoms with Crippen molar-refractivity contribution in [1.29, 1.82) is 5.26 Å². The molecule has 2 aromatic heterocycles. The second-order valence-electron chi connectivity index (χ2n) is 15.7. The molecule has 3 aromatic rings. The molecule has 3 aliphatic heterocycles. The van der Waals surface area contributed by atoms with Gasteiger partial charge in [0.25, 0.3) is 5.91 Å². The first-order valence-electron chi connectivity index (χ1n) is 20.4. The van der Waals surface area contributed by atoms with Gasteiger partial charge < -0.3 is 69.3 Å². The number of nitrogens with zero attached hydrogens (tertiary/aromatic N) is 6. The van der Waals surface area contributed by atoms with E-state index in [2.05, 4.69) is 27.5 Å². The zero-order chi connectivity index (χ0) is 45.5. The van der Waals surface area contributed by atoms with Crippen molar-refractivity contribution in [2.75, 3.05) is 45.9 Å². The topological polar surface area (TPSA) is 290 Å². The SMILES string of the molecule is CO[C@@H]1OC(CO)[C@@H](O)[C@H](O[C@@H]2OC(C(=O)NCc3ccc(COC(=O)n4ccc5c(N(C)[C@H]6CN(C(=O)CC#N)CC[C@H]6C)ncnc54)cc3)[C@@H](OC)[C@H](O)C2O)C1NC(C)=O. The number of likely N-dealkylation sites (tertiary alicyclic amines) is 1. The summed E-state index contributed by atoms with van der Waals surface area (Å²) < 4.78 is 34.9. The first kappa shape index (κ1) is 47.1. The van der Waals surface area contributed by atoms with Crippen LogP contribution in [0.4, 0.5) is 10.6 Å². The number of carbonyl (C=O) groups excluding carboxylic acids is 4. The summed E-state index contributed by atoms with van der Waals surface area (Å²) in [5.74, 6) is -0.660. The molecule has 4 unspecified atom stereocenters. The van der Waals surface area contributed by atoms with E-state index in [0.29, 0.717) is 41.1 Å². The van der Waals surface area contributed by atoms with E-state index in [1.54, 1.807) is 41.4 Å². The fourth-order valence-corrected chi connectivity index (χ4v) is 8.14. The molecular formula is C41H54N8O14. The van der Waals surface area contributed by atoms with Crippen LogP contribution in [0.25, 0.3) is 11.0 Å². The number of likely N-dealkylation sites (N-methyl/N-ethyl adjacent to an activating group) is 1. The molecule has 1 aromatic carbocycles. The molecule has 0 radical (unpaired) electrons. The molecule has 6 rings (SSSR count). The fourth-order valence-electron chi connectivity index (χ4n) is 8.14. The standard InChI is InChI=1S/C41H54N8O14/c1-21-11-14-48(28(52)10-13-42)17-26(21)47(3)36-25-12-15-49(37(25)45-20-44-36)41(57)60-19-24-8-6-23(7-9-24)16-43-38(56)35-34(58-4)31(54)32(55)40(63-35)62-33-29(46-22(2)51)39(59-5)61-27(18-50)30(33)53/h6-9,12,15,20-21,26-27,29-35,39-40,50,53-55H,10-11,14,16-19H2,1-5H3,(H,43,56)(H,46,51)/t21-,26+,27?,29?,30-,31-,32?,33-,34+,35?,39-,40-/m1/s1. The summed E-state index contributed by atoms with van der Waals surface area (Å²) in [6.07, 6.45) is -10.6. The third-order valence-corrected chi connectivity index (χ3v) is 11.7. The van der Waals surface area contributed by atoms with E-state index in [1.807, 2.05) is 18.0 Å². The first-order valence-corrected chi connectivity index (χ1v) is 20.4. The van der Waals surface area contributed by atoms with E-state index >= 15 is 0 Å². The maximum atomic E-state index is 13.5. The van der Waals surface area contributed by atoms with E-state index < -0.39 is 85.9 Å². The van der Waals surface area contributed by atoms with Gasteiger partial charge in [0.05, 0.1) is 24.1 Å². The summed E-state index contributed by atoms with van der Waals surface area (Å²) in [5.41, 5.74) is 1.63.